The third-order valence-electron chi connectivity index (χ3n) is 8.21. The quantitative estimate of drug-likeness (QED) is 0.209. The SMILES string of the molecule is COCCCN(C)Cc1ccc(-c2ccc3c(=O)n(CCC(C)(C(=O)NOC4CCCCO4)S(C)(=O)=O)ccc3c2)c(F)c1. The summed E-state index contributed by atoms with van der Waals surface area (Å²) in [5.41, 5.74) is 3.84. The molecular formula is C32H42FN3O7S. The Morgan fingerprint density at radius 1 is 1.20 bits per heavy atom. The molecule has 1 N–H and O–H groups in total. The molecular weight excluding hydrogens is 589 g/mol. The van der Waals surface area contributed by atoms with Crippen molar-refractivity contribution in [3.8, 4) is 11.1 Å². The summed E-state index contributed by atoms with van der Waals surface area (Å²) in [7, 11) is -0.239. The first-order valence-electron chi connectivity index (χ1n) is 14.8. The number of aromatic nitrogens is 1. The van der Waals surface area contributed by atoms with E-state index in [2.05, 4.69) is 10.4 Å². The van der Waals surface area contributed by atoms with E-state index in [1.165, 1.54) is 17.6 Å². The Balaban J connectivity index is 1.47. The fraction of sp³-hybridized carbons (Fsp3) is 0.500. The van der Waals surface area contributed by atoms with Gasteiger partial charge in [0.1, 0.15) is 5.82 Å². The average molecular weight is 632 g/mol. The van der Waals surface area contributed by atoms with Crippen LogP contribution in [0.2, 0.25) is 0 Å². The monoisotopic (exact) mass is 631 g/mol. The van der Waals surface area contributed by atoms with E-state index >= 15 is 4.39 Å². The highest BCUT2D eigenvalue weighted by atomic mass is 32.2. The van der Waals surface area contributed by atoms with Gasteiger partial charge in [0.15, 0.2) is 20.9 Å². The van der Waals surface area contributed by atoms with Crippen LogP contribution in [0.5, 0.6) is 0 Å². The summed E-state index contributed by atoms with van der Waals surface area (Å²) in [6.45, 7) is 3.92. The molecule has 1 fully saturated rings. The minimum atomic E-state index is -3.89. The lowest BCUT2D eigenvalue weighted by Gasteiger charge is -2.28. The molecule has 10 nitrogen and oxygen atoms in total. The zero-order chi connectivity index (χ0) is 31.9. The molecule has 0 aliphatic carbocycles. The molecule has 0 saturated carbocycles. The molecule has 12 heteroatoms. The number of hydrogen-bond donors (Lipinski definition) is 1. The fourth-order valence-corrected chi connectivity index (χ4v) is 6.07. The summed E-state index contributed by atoms with van der Waals surface area (Å²) in [6.07, 6.45) is 5.02. The zero-order valence-corrected chi connectivity index (χ0v) is 26.6. The van der Waals surface area contributed by atoms with Crippen LogP contribution in [0, 0.1) is 5.82 Å². The van der Waals surface area contributed by atoms with Crippen LogP contribution in [0.4, 0.5) is 4.39 Å². The lowest BCUT2D eigenvalue weighted by molar-refractivity contribution is -0.201. The number of carbonyl (C=O) groups excluding carboxylic acids is 1. The number of sulfone groups is 1. The largest absolute Gasteiger partial charge is 0.385 e. The first-order chi connectivity index (χ1) is 20.9. The second kappa shape index (κ2) is 14.7. The van der Waals surface area contributed by atoms with Crippen LogP contribution in [0.15, 0.2) is 53.5 Å². The van der Waals surface area contributed by atoms with Gasteiger partial charge in [0.05, 0.1) is 0 Å². The highest BCUT2D eigenvalue weighted by Crippen LogP contribution is 2.28. The number of hydroxylamine groups is 1. The molecule has 44 heavy (non-hydrogen) atoms. The molecule has 1 aliphatic rings. The van der Waals surface area contributed by atoms with Crippen molar-refractivity contribution in [3.63, 3.8) is 0 Å². The predicted molar refractivity (Wildman–Crippen MR) is 167 cm³/mol. The maximum absolute atomic E-state index is 15.2. The summed E-state index contributed by atoms with van der Waals surface area (Å²) >= 11 is 0. The van der Waals surface area contributed by atoms with Gasteiger partial charge in [0.25, 0.3) is 11.5 Å². The maximum Gasteiger partial charge on any atom is 0.264 e. The van der Waals surface area contributed by atoms with Gasteiger partial charge in [-0.2, -0.15) is 0 Å². The maximum atomic E-state index is 15.2. The van der Waals surface area contributed by atoms with Crippen LogP contribution < -0.4 is 11.0 Å². The van der Waals surface area contributed by atoms with Gasteiger partial charge in [-0.1, -0.05) is 18.2 Å². The Morgan fingerprint density at radius 3 is 2.68 bits per heavy atom. The minimum absolute atomic E-state index is 0.0244. The normalized spacial score (nSPS) is 17.1. The van der Waals surface area contributed by atoms with Gasteiger partial charge >= 0.3 is 0 Å². The highest BCUT2D eigenvalue weighted by Gasteiger charge is 2.44. The Hall–Kier alpha value is -3.16. The van der Waals surface area contributed by atoms with E-state index in [1.807, 2.05) is 13.1 Å². The van der Waals surface area contributed by atoms with Crippen molar-refractivity contribution in [2.24, 2.45) is 0 Å². The van der Waals surface area contributed by atoms with Crippen molar-refractivity contribution >= 4 is 26.5 Å². The first kappa shape index (κ1) is 33.7. The van der Waals surface area contributed by atoms with E-state index in [0.29, 0.717) is 48.1 Å². The number of hydrogen-bond acceptors (Lipinski definition) is 8. The van der Waals surface area contributed by atoms with Crippen molar-refractivity contribution in [1.82, 2.24) is 14.9 Å². The van der Waals surface area contributed by atoms with Crippen LogP contribution >= 0.6 is 0 Å². The van der Waals surface area contributed by atoms with Gasteiger partial charge in [-0.3, -0.25) is 9.59 Å². The topological polar surface area (TPSA) is 116 Å². The molecule has 0 spiro atoms. The Bertz CT molecular complexity index is 1620. The molecule has 1 aromatic heterocycles. The van der Waals surface area contributed by atoms with Crippen LogP contribution in [-0.2, 0) is 42.0 Å². The molecule has 0 radical (unpaired) electrons. The molecule has 2 atom stereocenters. The smallest absolute Gasteiger partial charge is 0.264 e. The van der Waals surface area contributed by atoms with Crippen molar-refractivity contribution in [1.29, 1.82) is 0 Å². The molecule has 1 saturated heterocycles. The van der Waals surface area contributed by atoms with Crippen LogP contribution in [0.3, 0.4) is 0 Å². The van der Waals surface area contributed by atoms with Gasteiger partial charge in [-0.05, 0) is 80.4 Å². The van der Waals surface area contributed by atoms with Crippen LogP contribution in [0.1, 0.15) is 44.6 Å². The number of rotatable bonds is 14. The number of halogens is 1. The average Bonchev–Trinajstić information content (AvgIpc) is 2.99. The van der Waals surface area contributed by atoms with E-state index in [9.17, 15) is 18.0 Å². The van der Waals surface area contributed by atoms with Gasteiger partial charge in [-0.15, -0.1) is 0 Å². The molecule has 240 valence electrons. The molecule has 1 amide bonds. The first-order valence-corrected chi connectivity index (χ1v) is 16.7. The van der Waals surface area contributed by atoms with E-state index in [1.54, 1.807) is 43.6 Å². The minimum Gasteiger partial charge on any atom is -0.385 e. The number of nitrogens with zero attached hydrogens (tertiary/aromatic N) is 2. The van der Waals surface area contributed by atoms with Crippen molar-refractivity contribution in [3.05, 3.63) is 70.4 Å². The lowest BCUT2D eigenvalue weighted by atomic mass is 10.00. The van der Waals surface area contributed by atoms with Crippen molar-refractivity contribution in [2.45, 2.75) is 63.2 Å². The number of fused-ring (bicyclic) bond motifs is 1. The van der Waals surface area contributed by atoms with Gasteiger partial charge in [0.2, 0.25) is 0 Å². The number of aryl methyl sites for hydroxylation is 1. The van der Waals surface area contributed by atoms with Gasteiger partial charge < -0.3 is 18.9 Å². The summed E-state index contributed by atoms with van der Waals surface area (Å²) in [4.78, 5) is 33.8. The number of methoxy groups -OCH3 is 1. The summed E-state index contributed by atoms with van der Waals surface area (Å²) in [5, 5.41) is 1.02. The van der Waals surface area contributed by atoms with Crippen molar-refractivity contribution < 1.29 is 31.9 Å². The molecule has 2 heterocycles. The lowest BCUT2D eigenvalue weighted by Crippen LogP contribution is -2.51. The molecule has 3 aromatic rings. The highest BCUT2D eigenvalue weighted by molar-refractivity contribution is 7.92. The third kappa shape index (κ3) is 8.10. The molecule has 4 rings (SSSR count). The number of carbonyl (C=O) groups is 1. The third-order valence-corrected chi connectivity index (χ3v) is 10.2. The summed E-state index contributed by atoms with van der Waals surface area (Å²) < 4.78 is 50.7. The van der Waals surface area contributed by atoms with Crippen molar-refractivity contribution in [2.75, 3.05) is 40.2 Å². The number of ether oxygens (including phenoxy) is 2. The zero-order valence-electron chi connectivity index (χ0n) is 25.8. The molecule has 0 bridgehead atoms. The summed E-state index contributed by atoms with van der Waals surface area (Å²) in [6, 6.07) is 12.0. The Labute approximate surface area is 258 Å². The van der Waals surface area contributed by atoms with Gasteiger partial charge in [-0.25, -0.2) is 23.1 Å². The fourth-order valence-electron chi connectivity index (χ4n) is 5.22. The summed E-state index contributed by atoms with van der Waals surface area (Å²) in [5.74, 6) is -1.17. The standard InChI is InChI=1S/C32H42FN3O7S/c1-32(44(4,39)40,31(38)34-43-29-8-5-6-19-42-29)14-17-36-16-13-25-21-24(10-12-27(25)30(36)37)26-11-9-23(20-28(26)33)22-35(2)15-7-18-41-3/h9-13,16,20-21,29H,5-8,14-15,17-19,22H2,1-4H3,(H,34,38). The Morgan fingerprint density at radius 2 is 2.00 bits per heavy atom. The van der Waals surface area contributed by atoms with Gasteiger partial charge in [0, 0.05) is 69.8 Å². The van der Waals surface area contributed by atoms with Crippen LogP contribution in [0.25, 0.3) is 21.9 Å². The van der Waals surface area contributed by atoms with Crippen LogP contribution in [-0.4, -0.2) is 75.0 Å². The Kier molecular flexibility index (Phi) is 11.3. The number of amides is 1. The van der Waals surface area contributed by atoms with E-state index in [-0.39, 0.29) is 24.3 Å². The number of pyridine rings is 1. The second-order valence-electron chi connectivity index (χ2n) is 11.6. The van der Waals surface area contributed by atoms with E-state index < -0.39 is 26.8 Å². The molecule has 1 aliphatic heterocycles. The number of nitrogens with one attached hydrogen (secondary N) is 1. The molecule has 2 aromatic carbocycles. The second-order valence-corrected chi connectivity index (χ2v) is 14.1. The number of benzene rings is 2. The van der Waals surface area contributed by atoms with E-state index in [4.69, 9.17) is 14.3 Å². The molecule has 2 unspecified atom stereocenters. The predicted octanol–water partition coefficient (Wildman–Crippen LogP) is 4.04. The van der Waals surface area contributed by atoms with E-state index in [0.717, 1.165) is 37.6 Å².